The van der Waals surface area contributed by atoms with Crippen molar-refractivity contribution in [3.63, 3.8) is 0 Å². The molecule has 16 heavy (non-hydrogen) atoms. The van der Waals surface area contributed by atoms with Gasteiger partial charge in [0.05, 0.1) is 0 Å². The summed E-state index contributed by atoms with van der Waals surface area (Å²) in [5.41, 5.74) is 3.16. The Morgan fingerprint density at radius 3 is 2.69 bits per heavy atom. The maximum atomic E-state index is 5.84. The number of rotatable bonds is 4. The standard InChI is InChI=1S/C13H26N2S/c1-2-10-6-3-4-7-11(10)13(15-14)12-8-5-9-16-12/h10-13,15H,2-9,14H2,1H3. The molecule has 0 aromatic rings. The maximum Gasteiger partial charge on any atom is 0.0360 e. The molecule has 0 amide bonds. The zero-order chi connectivity index (χ0) is 11.4. The molecule has 1 saturated heterocycles. The first-order valence-electron chi connectivity index (χ1n) is 6.94. The van der Waals surface area contributed by atoms with E-state index in [1.54, 1.807) is 0 Å². The Balaban J connectivity index is 1.99. The van der Waals surface area contributed by atoms with Gasteiger partial charge in [-0.05, 0) is 36.9 Å². The van der Waals surface area contributed by atoms with Crippen molar-refractivity contribution in [3.05, 3.63) is 0 Å². The topological polar surface area (TPSA) is 38.0 Å². The quantitative estimate of drug-likeness (QED) is 0.588. The summed E-state index contributed by atoms with van der Waals surface area (Å²) in [5, 5.41) is 0.780. The zero-order valence-electron chi connectivity index (χ0n) is 10.5. The number of nitrogens with two attached hydrogens (primary N) is 1. The highest BCUT2D eigenvalue weighted by Crippen LogP contribution is 2.40. The Labute approximate surface area is 104 Å². The Morgan fingerprint density at radius 1 is 1.25 bits per heavy atom. The van der Waals surface area contributed by atoms with Crippen LogP contribution in [0.25, 0.3) is 0 Å². The van der Waals surface area contributed by atoms with Crippen LogP contribution < -0.4 is 11.3 Å². The molecule has 0 bridgehead atoms. The molecule has 0 aromatic heterocycles. The summed E-state index contributed by atoms with van der Waals surface area (Å²) in [7, 11) is 0. The van der Waals surface area contributed by atoms with Gasteiger partial charge < -0.3 is 0 Å². The fraction of sp³-hybridized carbons (Fsp3) is 1.00. The molecule has 94 valence electrons. The number of hydrogen-bond donors (Lipinski definition) is 2. The first-order chi connectivity index (χ1) is 7.86. The van der Waals surface area contributed by atoms with Crippen LogP contribution in [0.2, 0.25) is 0 Å². The summed E-state index contributed by atoms with van der Waals surface area (Å²) < 4.78 is 0. The van der Waals surface area contributed by atoms with Crippen LogP contribution in [-0.4, -0.2) is 17.0 Å². The third-order valence-corrected chi connectivity index (χ3v) is 5.99. The second kappa shape index (κ2) is 6.27. The Morgan fingerprint density at radius 2 is 2.06 bits per heavy atom. The van der Waals surface area contributed by atoms with Crippen LogP contribution in [0.1, 0.15) is 51.9 Å². The summed E-state index contributed by atoms with van der Waals surface area (Å²) in [4.78, 5) is 0. The van der Waals surface area contributed by atoms with Gasteiger partial charge in [-0.2, -0.15) is 11.8 Å². The van der Waals surface area contributed by atoms with Gasteiger partial charge in [-0.1, -0.05) is 32.6 Å². The average molecular weight is 242 g/mol. The van der Waals surface area contributed by atoms with Crippen molar-refractivity contribution in [2.75, 3.05) is 5.75 Å². The molecule has 2 nitrogen and oxygen atoms in total. The summed E-state index contributed by atoms with van der Waals surface area (Å²) >= 11 is 2.14. The highest BCUT2D eigenvalue weighted by molar-refractivity contribution is 8.00. The highest BCUT2D eigenvalue weighted by Gasteiger charge is 2.36. The summed E-state index contributed by atoms with van der Waals surface area (Å²) in [6.45, 7) is 2.35. The van der Waals surface area contributed by atoms with Gasteiger partial charge in [-0.15, -0.1) is 0 Å². The highest BCUT2D eigenvalue weighted by atomic mass is 32.2. The van der Waals surface area contributed by atoms with Gasteiger partial charge in [-0.25, -0.2) is 0 Å². The van der Waals surface area contributed by atoms with Crippen LogP contribution >= 0.6 is 11.8 Å². The lowest BCUT2D eigenvalue weighted by Crippen LogP contribution is -2.50. The SMILES string of the molecule is CCC1CCCCC1C(NN)C1CCCS1. The largest absolute Gasteiger partial charge is 0.271 e. The molecule has 0 aromatic carbocycles. The van der Waals surface area contributed by atoms with Crippen molar-refractivity contribution in [3.8, 4) is 0 Å². The number of nitrogens with one attached hydrogen (secondary N) is 1. The van der Waals surface area contributed by atoms with Crippen molar-refractivity contribution in [1.29, 1.82) is 0 Å². The van der Waals surface area contributed by atoms with Crippen molar-refractivity contribution in [2.24, 2.45) is 17.7 Å². The fourth-order valence-corrected chi connectivity index (χ4v) is 5.07. The predicted molar refractivity (Wildman–Crippen MR) is 72.3 cm³/mol. The molecule has 1 heterocycles. The maximum absolute atomic E-state index is 5.84. The molecular formula is C13H26N2S. The monoisotopic (exact) mass is 242 g/mol. The van der Waals surface area contributed by atoms with E-state index in [-0.39, 0.29) is 0 Å². The lowest BCUT2D eigenvalue weighted by atomic mass is 9.73. The number of hydrazine groups is 1. The van der Waals surface area contributed by atoms with Crippen LogP contribution in [0.15, 0.2) is 0 Å². The minimum absolute atomic E-state index is 0.567. The minimum Gasteiger partial charge on any atom is -0.271 e. The van der Waals surface area contributed by atoms with E-state index >= 15 is 0 Å². The van der Waals surface area contributed by atoms with E-state index in [0.717, 1.165) is 17.1 Å². The average Bonchev–Trinajstić information content (AvgIpc) is 2.84. The van der Waals surface area contributed by atoms with Gasteiger partial charge in [0.15, 0.2) is 0 Å². The summed E-state index contributed by atoms with van der Waals surface area (Å²) in [6, 6.07) is 0.567. The Bertz CT molecular complexity index is 202. The van der Waals surface area contributed by atoms with Gasteiger partial charge in [-0.3, -0.25) is 11.3 Å². The normalized spacial score (nSPS) is 37.5. The van der Waals surface area contributed by atoms with Gasteiger partial charge in [0, 0.05) is 11.3 Å². The van der Waals surface area contributed by atoms with Crippen molar-refractivity contribution >= 4 is 11.8 Å². The molecule has 0 radical (unpaired) electrons. The molecule has 3 N–H and O–H groups in total. The second-order valence-corrected chi connectivity index (χ2v) is 6.71. The molecule has 3 heteroatoms. The predicted octanol–water partition coefficient (Wildman–Crippen LogP) is 2.93. The van der Waals surface area contributed by atoms with E-state index in [4.69, 9.17) is 5.84 Å². The van der Waals surface area contributed by atoms with E-state index < -0.39 is 0 Å². The molecule has 2 aliphatic rings. The van der Waals surface area contributed by atoms with E-state index in [1.165, 1.54) is 50.7 Å². The van der Waals surface area contributed by atoms with E-state index in [9.17, 15) is 0 Å². The molecule has 2 fully saturated rings. The fourth-order valence-electron chi connectivity index (χ4n) is 3.61. The molecule has 4 atom stereocenters. The smallest absolute Gasteiger partial charge is 0.0360 e. The van der Waals surface area contributed by atoms with Crippen LogP contribution in [-0.2, 0) is 0 Å². The third-order valence-electron chi connectivity index (χ3n) is 4.51. The Kier molecular flexibility index (Phi) is 4.98. The lowest BCUT2D eigenvalue weighted by Gasteiger charge is -2.39. The van der Waals surface area contributed by atoms with E-state index in [1.807, 2.05) is 0 Å². The molecule has 1 saturated carbocycles. The minimum atomic E-state index is 0.567. The first-order valence-corrected chi connectivity index (χ1v) is 7.99. The second-order valence-electron chi connectivity index (χ2n) is 5.36. The van der Waals surface area contributed by atoms with E-state index in [2.05, 4.69) is 24.1 Å². The van der Waals surface area contributed by atoms with E-state index in [0.29, 0.717) is 6.04 Å². The first kappa shape index (κ1) is 12.7. The van der Waals surface area contributed by atoms with Crippen LogP contribution in [0.3, 0.4) is 0 Å². The molecule has 4 unspecified atom stereocenters. The lowest BCUT2D eigenvalue weighted by molar-refractivity contribution is 0.172. The third kappa shape index (κ3) is 2.74. The number of thioether (sulfide) groups is 1. The van der Waals surface area contributed by atoms with Gasteiger partial charge in [0.2, 0.25) is 0 Å². The zero-order valence-corrected chi connectivity index (χ0v) is 11.3. The van der Waals surface area contributed by atoms with Crippen molar-refractivity contribution in [1.82, 2.24) is 5.43 Å². The Hall–Kier alpha value is 0.270. The van der Waals surface area contributed by atoms with Crippen LogP contribution in [0, 0.1) is 11.8 Å². The van der Waals surface area contributed by atoms with Crippen molar-refractivity contribution < 1.29 is 0 Å². The van der Waals surface area contributed by atoms with Gasteiger partial charge in [0.25, 0.3) is 0 Å². The molecule has 1 aliphatic heterocycles. The van der Waals surface area contributed by atoms with Crippen LogP contribution in [0.5, 0.6) is 0 Å². The molecule has 1 aliphatic carbocycles. The summed E-state index contributed by atoms with van der Waals surface area (Å²) in [6.07, 6.45) is 9.76. The molecule has 0 spiro atoms. The molecular weight excluding hydrogens is 216 g/mol. The van der Waals surface area contributed by atoms with Crippen LogP contribution in [0.4, 0.5) is 0 Å². The van der Waals surface area contributed by atoms with Gasteiger partial charge >= 0.3 is 0 Å². The summed E-state index contributed by atoms with van der Waals surface area (Å²) in [5.74, 6) is 8.92. The number of hydrogen-bond acceptors (Lipinski definition) is 3. The molecule has 2 rings (SSSR count). The van der Waals surface area contributed by atoms with Gasteiger partial charge in [0.1, 0.15) is 0 Å². The van der Waals surface area contributed by atoms with Crippen molar-refractivity contribution in [2.45, 2.75) is 63.2 Å².